The molecule has 0 bridgehead atoms. The Balaban J connectivity index is 2.41. The van der Waals surface area contributed by atoms with E-state index in [2.05, 4.69) is 15.6 Å². The molecule has 0 unspecified atom stereocenters. The molecule has 1 heterocycles. The summed E-state index contributed by atoms with van der Waals surface area (Å²) in [6.45, 7) is 0.845. The first-order valence-corrected chi connectivity index (χ1v) is 5.23. The first kappa shape index (κ1) is 13.8. The molecule has 0 saturated heterocycles. The monoisotopic (exact) mass is 254 g/mol. The van der Waals surface area contributed by atoms with Gasteiger partial charge in [-0.3, -0.25) is 14.9 Å². The summed E-state index contributed by atoms with van der Waals surface area (Å²) in [6, 6.07) is 2.55. The number of pyridine rings is 1. The number of methoxy groups -OCH3 is 1. The number of nitrogens with one attached hydrogen (secondary N) is 2. The Morgan fingerprint density at radius 1 is 1.61 bits per heavy atom. The van der Waals surface area contributed by atoms with E-state index in [4.69, 9.17) is 4.74 Å². The molecule has 98 valence electrons. The van der Waals surface area contributed by atoms with E-state index in [1.54, 1.807) is 0 Å². The van der Waals surface area contributed by atoms with Gasteiger partial charge in [0.05, 0.1) is 24.1 Å². The number of anilines is 1. The zero-order chi connectivity index (χ0) is 13.4. The zero-order valence-electron chi connectivity index (χ0n) is 9.88. The Kier molecular flexibility index (Phi) is 5.52. The van der Waals surface area contributed by atoms with Crippen molar-refractivity contribution in [3.63, 3.8) is 0 Å². The van der Waals surface area contributed by atoms with Gasteiger partial charge < -0.3 is 15.4 Å². The van der Waals surface area contributed by atoms with E-state index in [1.165, 1.54) is 25.4 Å². The number of hydrogen-bond donors (Lipinski definition) is 2. The van der Waals surface area contributed by atoms with Crippen LogP contribution in [0.1, 0.15) is 0 Å². The van der Waals surface area contributed by atoms with Gasteiger partial charge in [-0.15, -0.1) is 0 Å². The molecule has 1 amide bonds. The van der Waals surface area contributed by atoms with Gasteiger partial charge in [0.2, 0.25) is 5.91 Å². The summed E-state index contributed by atoms with van der Waals surface area (Å²) in [5.41, 5.74) is -0.0766. The van der Waals surface area contributed by atoms with Crippen molar-refractivity contribution in [2.75, 3.05) is 32.1 Å². The molecule has 2 N–H and O–H groups in total. The fraction of sp³-hybridized carbons (Fsp3) is 0.400. The number of carbonyl (C=O) groups is 1. The van der Waals surface area contributed by atoms with Gasteiger partial charge in [0.1, 0.15) is 5.82 Å². The van der Waals surface area contributed by atoms with Gasteiger partial charge in [-0.25, -0.2) is 4.98 Å². The van der Waals surface area contributed by atoms with E-state index in [9.17, 15) is 14.9 Å². The number of rotatable bonds is 7. The summed E-state index contributed by atoms with van der Waals surface area (Å²) in [7, 11) is 1.54. The first-order valence-electron chi connectivity index (χ1n) is 5.23. The fourth-order valence-electron chi connectivity index (χ4n) is 1.16. The molecule has 1 rings (SSSR count). The SMILES string of the molecule is COCCNC(=O)CNc1cc([N+](=O)[O-])ccn1. The highest BCUT2D eigenvalue weighted by molar-refractivity contribution is 5.80. The Morgan fingerprint density at radius 3 is 3.06 bits per heavy atom. The summed E-state index contributed by atoms with van der Waals surface area (Å²) in [5.74, 6) is 0.0476. The van der Waals surface area contributed by atoms with Crippen LogP contribution in [0.3, 0.4) is 0 Å². The molecule has 0 aliphatic rings. The predicted molar refractivity (Wildman–Crippen MR) is 64.3 cm³/mol. The van der Waals surface area contributed by atoms with Gasteiger partial charge in [0.15, 0.2) is 0 Å². The van der Waals surface area contributed by atoms with Gasteiger partial charge in [0.25, 0.3) is 5.69 Å². The summed E-state index contributed by atoms with van der Waals surface area (Å²) in [4.78, 5) is 25.2. The van der Waals surface area contributed by atoms with Crippen LogP contribution < -0.4 is 10.6 Å². The van der Waals surface area contributed by atoms with Gasteiger partial charge in [-0.05, 0) is 0 Å². The summed E-state index contributed by atoms with van der Waals surface area (Å²) in [6.07, 6.45) is 1.31. The molecule has 8 heteroatoms. The number of ether oxygens (including phenoxy) is 1. The highest BCUT2D eigenvalue weighted by Gasteiger charge is 2.07. The molecule has 1 aromatic rings. The van der Waals surface area contributed by atoms with Crippen LogP contribution in [-0.4, -0.2) is 42.6 Å². The molecule has 0 saturated carbocycles. The minimum absolute atomic E-state index is 0.00210. The lowest BCUT2D eigenvalue weighted by molar-refractivity contribution is -0.384. The van der Waals surface area contributed by atoms with Crippen molar-refractivity contribution in [3.8, 4) is 0 Å². The number of aromatic nitrogens is 1. The van der Waals surface area contributed by atoms with Crippen LogP contribution in [0.15, 0.2) is 18.3 Å². The average molecular weight is 254 g/mol. The van der Waals surface area contributed by atoms with Crippen molar-refractivity contribution in [2.24, 2.45) is 0 Å². The third-order valence-electron chi connectivity index (χ3n) is 2.01. The summed E-state index contributed by atoms with van der Waals surface area (Å²) >= 11 is 0. The number of carbonyl (C=O) groups excluding carboxylic acids is 1. The number of nitro groups is 1. The Labute approximate surface area is 104 Å². The quantitative estimate of drug-likeness (QED) is 0.408. The fourth-order valence-corrected chi connectivity index (χ4v) is 1.16. The molecular formula is C10H14N4O4. The lowest BCUT2D eigenvalue weighted by Gasteiger charge is -2.06. The van der Waals surface area contributed by atoms with Crippen molar-refractivity contribution < 1.29 is 14.5 Å². The second-order valence-electron chi connectivity index (χ2n) is 3.35. The van der Waals surface area contributed by atoms with Crippen LogP contribution in [0.2, 0.25) is 0 Å². The molecule has 8 nitrogen and oxygen atoms in total. The van der Waals surface area contributed by atoms with Gasteiger partial charge in [-0.1, -0.05) is 0 Å². The molecular weight excluding hydrogens is 240 g/mol. The zero-order valence-corrected chi connectivity index (χ0v) is 9.88. The van der Waals surface area contributed by atoms with E-state index >= 15 is 0 Å². The van der Waals surface area contributed by atoms with Crippen LogP contribution in [0.25, 0.3) is 0 Å². The average Bonchev–Trinajstić information content (AvgIpc) is 2.37. The number of hydrogen-bond acceptors (Lipinski definition) is 6. The number of amides is 1. The molecule has 18 heavy (non-hydrogen) atoms. The lowest BCUT2D eigenvalue weighted by atomic mass is 10.4. The van der Waals surface area contributed by atoms with Gasteiger partial charge in [0, 0.05) is 25.9 Å². The third kappa shape index (κ3) is 4.74. The van der Waals surface area contributed by atoms with Crippen molar-refractivity contribution >= 4 is 17.4 Å². The second kappa shape index (κ2) is 7.17. The van der Waals surface area contributed by atoms with Crippen LogP contribution >= 0.6 is 0 Å². The molecule has 0 fully saturated rings. The first-order chi connectivity index (χ1) is 8.63. The van der Waals surface area contributed by atoms with Crippen LogP contribution in [0.5, 0.6) is 0 Å². The third-order valence-corrected chi connectivity index (χ3v) is 2.01. The highest BCUT2D eigenvalue weighted by atomic mass is 16.6. The molecule has 1 aromatic heterocycles. The van der Waals surface area contributed by atoms with E-state index in [1.807, 2.05) is 0 Å². The van der Waals surface area contributed by atoms with E-state index < -0.39 is 4.92 Å². The molecule has 0 aromatic carbocycles. The van der Waals surface area contributed by atoms with Gasteiger partial charge >= 0.3 is 0 Å². The lowest BCUT2D eigenvalue weighted by Crippen LogP contribution is -2.32. The minimum atomic E-state index is -0.522. The topological polar surface area (TPSA) is 106 Å². The highest BCUT2D eigenvalue weighted by Crippen LogP contribution is 2.13. The van der Waals surface area contributed by atoms with Crippen LogP contribution in [0, 0.1) is 10.1 Å². The van der Waals surface area contributed by atoms with Crippen molar-refractivity contribution in [1.82, 2.24) is 10.3 Å². The molecule has 0 aliphatic heterocycles. The maximum atomic E-state index is 11.3. The second-order valence-corrected chi connectivity index (χ2v) is 3.35. The van der Waals surface area contributed by atoms with Crippen LogP contribution in [-0.2, 0) is 9.53 Å². The molecule has 0 atom stereocenters. The summed E-state index contributed by atoms with van der Waals surface area (Å²) in [5, 5.41) is 15.8. The maximum absolute atomic E-state index is 11.3. The van der Waals surface area contributed by atoms with Crippen molar-refractivity contribution in [3.05, 3.63) is 28.4 Å². The van der Waals surface area contributed by atoms with E-state index in [0.717, 1.165) is 0 Å². The Hall–Kier alpha value is -2.22. The Morgan fingerprint density at radius 2 is 2.39 bits per heavy atom. The minimum Gasteiger partial charge on any atom is -0.383 e. The van der Waals surface area contributed by atoms with Crippen LogP contribution in [0.4, 0.5) is 11.5 Å². The van der Waals surface area contributed by atoms with E-state index in [-0.39, 0.29) is 24.0 Å². The van der Waals surface area contributed by atoms with Crippen molar-refractivity contribution in [1.29, 1.82) is 0 Å². The number of nitrogens with zero attached hydrogens (tertiary/aromatic N) is 2. The normalized spacial score (nSPS) is 9.83. The standard InChI is InChI=1S/C10H14N4O4/c1-18-5-4-12-10(15)7-13-9-6-8(14(16)17)2-3-11-9/h2-3,6H,4-5,7H2,1H3,(H,11,13)(H,12,15). The molecule has 0 aliphatic carbocycles. The molecule has 0 radical (unpaired) electrons. The Bertz CT molecular complexity index is 424. The largest absolute Gasteiger partial charge is 0.383 e. The van der Waals surface area contributed by atoms with Crippen molar-refractivity contribution in [2.45, 2.75) is 0 Å². The smallest absolute Gasteiger partial charge is 0.274 e. The molecule has 0 spiro atoms. The summed E-state index contributed by atoms with van der Waals surface area (Å²) < 4.78 is 4.77. The van der Waals surface area contributed by atoms with Gasteiger partial charge in [-0.2, -0.15) is 0 Å². The maximum Gasteiger partial charge on any atom is 0.274 e. The van der Waals surface area contributed by atoms with E-state index in [0.29, 0.717) is 13.2 Å². The predicted octanol–water partition coefficient (Wildman–Crippen LogP) is 0.164.